The number of methoxy groups -OCH3 is 1. The zero-order valence-corrected chi connectivity index (χ0v) is 18.7. The van der Waals surface area contributed by atoms with Gasteiger partial charge in [0.05, 0.1) is 31.5 Å². The molecule has 10 nitrogen and oxygen atoms in total. The molecule has 0 aromatic heterocycles. The number of amides is 1. The fourth-order valence-corrected chi connectivity index (χ4v) is 4.23. The number of rotatable bonds is 6. The van der Waals surface area contributed by atoms with E-state index in [4.69, 9.17) is 21.7 Å². The molecule has 0 saturated carbocycles. The average Bonchev–Trinajstić information content (AvgIpc) is 3.00. The minimum atomic E-state index is -0.765. The summed E-state index contributed by atoms with van der Waals surface area (Å²) in [6, 6.07) is 6.38. The predicted molar refractivity (Wildman–Crippen MR) is 122 cm³/mol. The van der Waals surface area contributed by atoms with Crippen molar-refractivity contribution in [3.8, 4) is 17.2 Å². The molecule has 2 aromatic rings. The number of hydrogen-bond acceptors (Lipinski definition) is 9. The predicted octanol–water partition coefficient (Wildman–Crippen LogP) is 4.40. The van der Waals surface area contributed by atoms with Crippen molar-refractivity contribution in [2.45, 2.75) is 0 Å². The van der Waals surface area contributed by atoms with Crippen LogP contribution >= 0.6 is 46.6 Å². The maximum Gasteiger partial charge on any atom is 0.318 e. The van der Waals surface area contributed by atoms with Gasteiger partial charge in [-0.05, 0) is 52.4 Å². The number of non-ortho nitro benzene ring substituents is 1. The van der Waals surface area contributed by atoms with E-state index in [0.29, 0.717) is 18.4 Å². The number of carbonyl (C=O) groups is 1. The standard InChI is InChI=1S/C17H10IN3O7S2/c1-27-13-5-8(6-14-16(22)19-17(29)30-14)4-10(18)15(13)28-12-3-2-9(20(23)24)7-11(12)21(25)26/h2-7H,1H3,(H,19,22,29)/b14-6-. The largest absolute Gasteiger partial charge is 0.493 e. The van der Waals surface area contributed by atoms with E-state index < -0.39 is 21.2 Å². The molecular weight excluding hydrogens is 549 g/mol. The molecule has 2 aromatic carbocycles. The van der Waals surface area contributed by atoms with Gasteiger partial charge in [-0.15, -0.1) is 0 Å². The molecule has 1 heterocycles. The molecule has 0 radical (unpaired) electrons. The Hall–Kier alpha value is -2.78. The van der Waals surface area contributed by atoms with Crippen LogP contribution in [0.4, 0.5) is 11.4 Å². The molecule has 0 aliphatic carbocycles. The van der Waals surface area contributed by atoms with Gasteiger partial charge in [0.2, 0.25) is 5.75 Å². The molecule has 3 rings (SSSR count). The van der Waals surface area contributed by atoms with Gasteiger partial charge in [0.25, 0.3) is 11.6 Å². The van der Waals surface area contributed by atoms with Gasteiger partial charge in [0.1, 0.15) is 4.32 Å². The highest BCUT2D eigenvalue weighted by Gasteiger charge is 2.25. The molecule has 154 valence electrons. The van der Waals surface area contributed by atoms with E-state index in [1.54, 1.807) is 18.2 Å². The maximum absolute atomic E-state index is 11.9. The lowest BCUT2D eigenvalue weighted by Gasteiger charge is -2.13. The fourth-order valence-electron chi connectivity index (χ4n) is 2.45. The number of nitrogens with zero attached hydrogens (tertiary/aromatic N) is 2. The third-order valence-electron chi connectivity index (χ3n) is 3.75. The van der Waals surface area contributed by atoms with E-state index in [9.17, 15) is 25.0 Å². The molecule has 0 bridgehead atoms. The first kappa shape index (κ1) is 21.9. The minimum Gasteiger partial charge on any atom is -0.493 e. The number of thioether (sulfide) groups is 1. The van der Waals surface area contributed by atoms with Crippen molar-refractivity contribution in [2.24, 2.45) is 0 Å². The van der Waals surface area contributed by atoms with Crippen LogP contribution in [0.2, 0.25) is 0 Å². The summed E-state index contributed by atoms with van der Waals surface area (Å²) in [6.45, 7) is 0. The van der Waals surface area contributed by atoms with Crippen LogP contribution in [-0.4, -0.2) is 27.2 Å². The van der Waals surface area contributed by atoms with Crippen molar-refractivity contribution in [3.05, 3.63) is 64.6 Å². The van der Waals surface area contributed by atoms with Gasteiger partial charge in [-0.25, -0.2) is 0 Å². The summed E-state index contributed by atoms with van der Waals surface area (Å²) >= 11 is 8.05. The monoisotopic (exact) mass is 559 g/mol. The molecule has 13 heteroatoms. The number of halogens is 1. The van der Waals surface area contributed by atoms with Crippen molar-refractivity contribution < 1.29 is 24.1 Å². The molecule has 1 aliphatic heterocycles. The van der Waals surface area contributed by atoms with Crippen molar-refractivity contribution >= 4 is 74.2 Å². The highest BCUT2D eigenvalue weighted by Crippen LogP contribution is 2.41. The molecule has 1 N–H and O–H groups in total. The first-order valence-electron chi connectivity index (χ1n) is 7.92. The van der Waals surface area contributed by atoms with E-state index in [1.807, 2.05) is 22.6 Å². The van der Waals surface area contributed by atoms with Crippen LogP contribution in [0.1, 0.15) is 5.56 Å². The zero-order chi connectivity index (χ0) is 22.0. The van der Waals surface area contributed by atoms with Gasteiger partial charge >= 0.3 is 5.69 Å². The fraction of sp³-hybridized carbons (Fsp3) is 0.0588. The lowest BCUT2D eigenvalue weighted by molar-refractivity contribution is -0.394. The molecule has 1 saturated heterocycles. The maximum atomic E-state index is 11.9. The lowest BCUT2D eigenvalue weighted by atomic mass is 10.2. The topological polar surface area (TPSA) is 134 Å². The molecule has 30 heavy (non-hydrogen) atoms. The molecule has 1 amide bonds. The second kappa shape index (κ2) is 8.93. The summed E-state index contributed by atoms with van der Waals surface area (Å²) in [5.41, 5.74) is -0.354. The van der Waals surface area contributed by atoms with Crippen molar-refractivity contribution in [1.29, 1.82) is 0 Å². The quantitative estimate of drug-likeness (QED) is 0.180. The van der Waals surface area contributed by atoms with Crippen LogP contribution < -0.4 is 14.8 Å². The third-order valence-corrected chi connectivity index (χ3v) is 5.72. The highest BCUT2D eigenvalue weighted by molar-refractivity contribution is 14.1. The van der Waals surface area contributed by atoms with Crippen LogP contribution in [0.15, 0.2) is 35.2 Å². The average molecular weight is 559 g/mol. The van der Waals surface area contributed by atoms with Crippen LogP contribution in [0.3, 0.4) is 0 Å². The number of nitro benzene ring substituents is 2. The SMILES string of the molecule is COc1cc(/C=C2\SC(=S)NC2=O)cc(I)c1Oc1ccc([N+](=O)[O-])cc1[N+](=O)[O-]. The van der Waals surface area contributed by atoms with E-state index in [1.165, 1.54) is 7.11 Å². The number of thiocarbonyl (C=S) groups is 1. The normalized spacial score (nSPS) is 14.5. The van der Waals surface area contributed by atoms with Gasteiger partial charge in [0, 0.05) is 6.07 Å². The number of carbonyl (C=O) groups excluding carboxylic acids is 1. The van der Waals surface area contributed by atoms with Crippen molar-refractivity contribution in [3.63, 3.8) is 0 Å². The number of nitrogens with one attached hydrogen (secondary N) is 1. The summed E-state index contributed by atoms with van der Waals surface area (Å²) < 4.78 is 11.9. The number of benzene rings is 2. The minimum absolute atomic E-state index is 0.177. The van der Waals surface area contributed by atoms with E-state index >= 15 is 0 Å². The van der Waals surface area contributed by atoms with Gasteiger partial charge in [-0.1, -0.05) is 24.0 Å². The Labute approximate surface area is 192 Å². The zero-order valence-electron chi connectivity index (χ0n) is 14.9. The Morgan fingerprint density at radius 2 is 1.90 bits per heavy atom. The van der Waals surface area contributed by atoms with Crippen LogP contribution in [0, 0.1) is 23.8 Å². The summed E-state index contributed by atoms with van der Waals surface area (Å²) in [5.74, 6) is -0.0339. The van der Waals surface area contributed by atoms with Gasteiger partial charge in [-0.3, -0.25) is 25.0 Å². The first-order valence-corrected chi connectivity index (χ1v) is 10.2. The smallest absolute Gasteiger partial charge is 0.318 e. The van der Waals surface area contributed by atoms with Gasteiger partial charge < -0.3 is 14.8 Å². The number of ether oxygens (including phenoxy) is 2. The highest BCUT2D eigenvalue weighted by atomic mass is 127. The van der Waals surface area contributed by atoms with Crippen LogP contribution in [0.5, 0.6) is 17.2 Å². The summed E-state index contributed by atoms with van der Waals surface area (Å²) in [5, 5.41) is 24.8. The molecule has 0 unspecified atom stereocenters. The first-order chi connectivity index (χ1) is 14.2. The van der Waals surface area contributed by atoms with Crippen molar-refractivity contribution in [2.75, 3.05) is 7.11 Å². The Morgan fingerprint density at radius 1 is 1.17 bits per heavy atom. The Kier molecular flexibility index (Phi) is 6.52. The van der Waals surface area contributed by atoms with Crippen LogP contribution in [-0.2, 0) is 4.79 Å². The second-order valence-electron chi connectivity index (χ2n) is 5.65. The van der Waals surface area contributed by atoms with Crippen LogP contribution in [0.25, 0.3) is 6.08 Å². The molecule has 1 fully saturated rings. The molecule has 1 aliphatic rings. The number of nitro groups is 2. The lowest BCUT2D eigenvalue weighted by Crippen LogP contribution is -2.17. The molecular formula is C17H10IN3O7S2. The van der Waals surface area contributed by atoms with E-state index in [2.05, 4.69) is 5.32 Å². The third kappa shape index (κ3) is 4.68. The molecule has 0 spiro atoms. The Bertz CT molecular complexity index is 1140. The molecule has 0 atom stereocenters. The number of hydrogen-bond donors (Lipinski definition) is 1. The van der Waals surface area contributed by atoms with E-state index in [-0.39, 0.29) is 23.2 Å². The summed E-state index contributed by atoms with van der Waals surface area (Å²) in [7, 11) is 1.39. The second-order valence-corrected chi connectivity index (χ2v) is 8.54. The Morgan fingerprint density at radius 3 is 2.47 bits per heavy atom. The van der Waals surface area contributed by atoms with Crippen molar-refractivity contribution in [1.82, 2.24) is 5.32 Å². The Balaban J connectivity index is 2.01. The van der Waals surface area contributed by atoms with Gasteiger partial charge in [0.15, 0.2) is 11.5 Å². The summed E-state index contributed by atoms with van der Waals surface area (Å²) in [6.07, 6.45) is 1.63. The van der Waals surface area contributed by atoms with Gasteiger partial charge in [-0.2, -0.15) is 0 Å². The summed E-state index contributed by atoms with van der Waals surface area (Å²) in [4.78, 5) is 33.0. The van der Waals surface area contributed by atoms with E-state index in [0.717, 1.165) is 30.0 Å².